The maximum Gasteiger partial charge on any atom is 0.264 e. The minimum absolute atomic E-state index is 0.128. The zero-order valence-corrected chi connectivity index (χ0v) is 15.1. The van der Waals surface area contributed by atoms with Gasteiger partial charge in [0.15, 0.2) is 5.17 Å². The fourth-order valence-electron chi connectivity index (χ4n) is 2.42. The van der Waals surface area contributed by atoms with Crippen LogP contribution in [0.3, 0.4) is 0 Å². The second kappa shape index (κ2) is 8.03. The molecule has 1 amide bonds. The van der Waals surface area contributed by atoms with Gasteiger partial charge in [-0.15, -0.1) is 0 Å². The first-order valence-corrected chi connectivity index (χ1v) is 9.11. The molecule has 4 nitrogen and oxygen atoms in total. The molecule has 0 atom stereocenters. The van der Waals surface area contributed by atoms with Crippen molar-refractivity contribution >= 4 is 34.6 Å². The predicted molar refractivity (Wildman–Crippen MR) is 104 cm³/mol. The summed E-state index contributed by atoms with van der Waals surface area (Å²) in [6.45, 7) is 4.62. The van der Waals surface area contributed by atoms with Crippen LogP contribution in [0.15, 0.2) is 58.4 Å². The lowest BCUT2D eigenvalue weighted by Crippen LogP contribution is -2.19. The first-order chi connectivity index (χ1) is 12.2. The van der Waals surface area contributed by atoms with Crippen LogP contribution in [0.5, 0.6) is 5.75 Å². The lowest BCUT2D eigenvalue weighted by molar-refractivity contribution is -0.115. The van der Waals surface area contributed by atoms with Crippen LogP contribution >= 0.6 is 11.8 Å². The Morgan fingerprint density at radius 3 is 2.60 bits per heavy atom. The molecule has 2 aromatic rings. The Balaban J connectivity index is 1.81. The first kappa shape index (κ1) is 17.3. The fraction of sp³-hybridized carbons (Fsp3) is 0.200. The van der Waals surface area contributed by atoms with Crippen molar-refractivity contribution < 1.29 is 9.53 Å². The highest BCUT2D eigenvalue weighted by atomic mass is 32.2. The van der Waals surface area contributed by atoms with E-state index in [9.17, 15) is 4.79 Å². The Bertz CT molecular complexity index is 826. The third-order valence-corrected chi connectivity index (χ3v) is 4.63. The minimum atomic E-state index is -0.128. The van der Waals surface area contributed by atoms with Crippen LogP contribution in [0.4, 0.5) is 5.69 Å². The zero-order chi connectivity index (χ0) is 17.6. The average Bonchev–Trinajstić information content (AvgIpc) is 2.97. The standard InChI is InChI=1S/C20H20N2O2S/c1-3-14-9-11-15(12-10-14)13-18-19(23)22-20(25-18)21-16-7-5-6-8-17(16)24-4-2/h5-13H,3-4H2,1-2H3,(H,21,22,23). The van der Waals surface area contributed by atoms with Gasteiger partial charge in [0.05, 0.1) is 11.5 Å². The number of rotatable bonds is 5. The number of amidine groups is 1. The van der Waals surface area contributed by atoms with Crippen LogP contribution in [0, 0.1) is 0 Å². The summed E-state index contributed by atoms with van der Waals surface area (Å²) in [4.78, 5) is 17.4. The van der Waals surface area contributed by atoms with Crippen LogP contribution in [0.25, 0.3) is 6.08 Å². The van der Waals surface area contributed by atoms with Crippen molar-refractivity contribution in [1.29, 1.82) is 0 Å². The van der Waals surface area contributed by atoms with Crippen LogP contribution < -0.4 is 10.1 Å². The maximum atomic E-state index is 12.2. The molecule has 1 saturated heterocycles. The second-order valence-electron chi connectivity index (χ2n) is 5.48. The van der Waals surface area contributed by atoms with E-state index in [4.69, 9.17) is 4.74 Å². The highest BCUT2D eigenvalue weighted by molar-refractivity contribution is 8.18. The van der Waals surface area contributed by atoms with E-state index in [-0.39, 0.29) is 5.91 Å². The molecule has 0 aromatic heterocycles. The molecule has 0 spiro atoms. The van der Waals surface area contributed by atoms with Gasteiger partial charge in [-0.1, -0.05) is 43.3 Å². The van der Waals surface area contributed by atoms with Crippen LogP contribution in [-0.4, -0.2) is 17.7 Å². The normalized spacial score (nSPS) is 17.1. The molecule has 1 heterocycles. The lowest BCUT2D eigenvalue weighted by atomic mass is 10.1. The molecule has 0 radical (unpaired) electrons. The van der Waals surface area contributed by atoms with Crippen molar-refractivity contribution in [2.75, 3.05) is 6.61 Å². The van der Waals surface area contributed by atoms with Crippen molar-refractivity contribution in [3.63, 3.8) is 0 Å². The van der Waals surface area contributed by atoms with Crippen molar-refractivity contribution in [3.05, 3.63) is 64.6 Å². The summed E-state index contributed by atoms with van der Waals surface area (Å²) in [6.07, 6.45) is 2.89. The van der Waals surface area contributed by atoms with Gasteiger partial charge < -0.3 is 10.1 Å². The van der Waals surface area contributed by atoms with E-state index in [1.165, 1.54) is 17.3 Å². The number of thioether (sulfide) groups is 1. The van der Waals surface area contributed by atoms with Crippen molar-refractivity contribution in [3.8, 4) is 5.75 Å². The van der Waals surface area contributed by atoms with Gasteiger partial charge in [0, 0.05) is 0 Å². The molecule has 128 valence electrons. The quantitative estimate of drug-likeness (QED) is 0.804. The Labute approximate surface area is 152 Å². The molecule has 2 aromatic carbocycles. The summed E-state index contributed by atoms with van der Waals surface area (Å²) in [5, 5.41) is 3.38. The number of hydrogen-bond acceptors (Lipinski definition) is 4. The SMILES string of the molecule is CCOc1ccccc1N=C1NC(=O)C(=Cc2ccc(CC)cc2)S1. The maximum absolute atomic E-state index is 12.2. The van der Waals surface area contributed by atoms with E-state index >= 15 is 0 Å². The molecule has 0 aliphatic carbocycles. The smallest absolute Gasteiger partial charge is 0.264 e. The summed E-state index contributed by atoms with van der Waals surface area (Å²) in [5.41, 5.74) is 2.99. The number of benzene rings is 2. The molecular weight excluding hydrogens is 332 g/mol. The van der Waals surface area contributed by atoms with Crippen LogP contribution in [0.1, 0.15) is 25.0 Å². The molecular formula is C20H20N2O2S. The van der Waals surface area contributed by atoms with Gasteiger partial charge >= 0.3 is 0 Å². The minimum Gasteiger partial charge on any atom is -0.492 e. The number of carbonyl (C=O) groups is 1. The largest absolute Gasteiger partial charge is 0.492 e. The van der Waals surface area contributed by atoms with E-state index in [2.05, 4.69) is 29.4 Å². The Kier molecular flexibility index (Phi) is 5.56. The van der Waals surface area contributed by atoms with E-state index in [0.29, 0.717) is 28.1 Å². The summed E-state index contributed by atoms with van der Waals surface area (Å²) < 4.78 is 5.57. The number of carbonyl (C=O) groups excluding carboxylic acids is 1. The first-order valence-electron chi connectivity index (χ1n) is 8.30. The summed E-state index contributed by atoms with van der Waals surface area (Å²) in [6, 6.07) is 15.8. The second-order valence-corrected chi connectivity index (χ2v) is 6.51. The summed E-state index contributed by atoms with van der Waals surface area (Å²) >= 11 is 1.34. The van der Waals surface area contributed by atoms with Crippen molar-refractivity contribution in [1.82, 2.24) is 5.32 Å². The average molecular weight is 352 g/mol. The van der Waals surface area contributed by atoms with Gasteiger partial charge in [-0.25, -0.2) is 4.99 Å². The number of para-hydroxylation sites is 2. The molecule has 5 heteroatoms. The van der Waals surface area contributed by atoms with Gasteiger partial charge in [0.25, 0.3) is 5.91 Å². The third kappa shape index (κ3) is 4.31. The molecule has 1 aliphatic rings. The van der Waals surface area contributed by atoms with Gasteiger partial charge in [-0.2, -0.15) is 0 Å². The van der Waals surface area contributed by atoms with E-state index in [1.54, 1.807) is 0 Å². The number of aliphatic imine (C=N–C) groups is 1. The van der Waals surface area contributed by atoms with Crippen LogP contribution in [0.2, 0.25) is 0 Å². The number of ether oxygens (including phenoxy) is 1. The van der Waals surface area contributed by atoms with Crippen LogP contribution in [-0.2, 0) is 11.2 Å². The van der Waals surface area contributed by atoms with Gasteiger partial charge in [-0.3, -0.25) is 4.79 Å². The van der Waals surface area contributed by atoms with E-state index in [0.717, 1.165) is 12.0 Å². The van der Waals surface area contributed by atoms with E-state index in [1.807, 2.05) is 49.4 Å². The van der Waals surface area contributed by atoms with Gasteiger partial charge in [-0.05, 0) is 54.4 Å². The zero-order valence-electron chi connectivity index (χ0n) is 14.3. The topological polar surface area (TPSA) is 50.7 Å². The predicted octanol–water partition coefficient (Wildman–Crippen LogP) is 4.54. The summed E-state index contributed by atoms with van der Waals surface area (Å²) in [5.74, 6) is 0.581. The Hall–Kier alpha value is -2.53. The molecule has 1 N–H and O–H groups in total. The number of aryl methyl sites for hydroxylation is 1. The Morgan fingerprint density at radius 2 is 1.88 bits per heavy atom. The summed E-state index contributed by atoms with van der Waals surface area (Å²) in [7, 11) is 0. The molecule has 0 saturated carbocycles. The molecule has 0 unspecified atom stereocenters. The van der Waals surface area contributed by atoms with Gasteiger partial charge in [0.2, 0.25) is 0 Å². The highest BCUT2D eigenvalue weighted by Crippen LogP contribution is 2.32. The van der Waals surface area contributed by atoms with Crippen molar-refractivity contribution in [2.24, 2.45) is 4.99 Å². The Morgan fingerprint density at radius 1 is 1.12 bits per heavy atom. The number of nitrogens with one attached hydrogen (secondary N) is 1. The third-order valence-electron chi connectivity index (χ3n) is 3.72. The molecule has 25 heavy (non-hydrogen) atoms. The monoisotopic (exact) mass is 352 g/mol. The molecule has 3 rings (SSSR count). The lowest BCUT2D eigenvalue weighted by Gasteiger charge is -2.06. The molecule has 0 bridgehead atoms. The number of hydrogen-bond donors (Lipinski definition) is 1. The molecule has 1 fully saturated rings. The number of amides is 1. The van der Waals surface area contributed by atoms with Crippen molar-refractivity contribution in [2.45, 2.75) is 20.3 Å². The highest BCUT2D eigenvalue weighted by Gasteiger charge is 2.24. The van der Waals surface area contributed by atoms with Gasteiger partial charge in [0.1, 0.15) is 11.4 Å². The van der Waals surface area contributed by atoms with E-state index < -0.39 is 0 Å². The fourth-order valence-corrected chi connectivity index (χ4v) is 3.25. The molecule has 1 aliphatic heterocycles. The number of nitrogens with zero attached hydrogens (tertiary/aromatic N) is 1.